The third kappa shape index (κ3) is 4.32. The summed E-state index contributed by atoms with van der Waals surface area (Å²) in [6.45, 7) is 0.498. The van der Waals surface area contributed by atoms with Crippen LogP contribution in [0, 0.1) is 0 Å². The smallest absolute Gasteiger partial charge is 0.255 e. The number of benzene rings is 2. The number of carbonyl (C=O) groups is 1. The van der Waals surface area contributed by atoms with Crippen molar-refractivity contribution in [2.24, 2.45) is 0 Å². The molecule has 0 saturated carbocycles. The second-order valence-corrected chi connectivity index (χ2v) is 5.48. The largest absolute Gasteiger partial charge is 0.496 e. The van der Waals surface area contributed by atoms with E-state index in [9.17, 15) is 4.79 Å². The van der Waals surface area contributed by atoms with E-state index in [0.717, 1.165) is 5.56 Å². The fourth-order valence-electron chi connectivity index (χ4n) is 2.27. The van der Waals surface area contributed by atoms with E-state index in [2.05, 4.69) is 5.32 Å². The number of carbonyl (C=O) groups excluding carboxylic acids is 1. The molecular weight excluding hydrogens is 330 g/mol. The molecule has 2 aromatic carbocycles. The Morgan fingerprint density at radius 3 is 2.12 bits per heavy atom. The fraction of sp³-hybridized carbons (Fsp3) is 0.278. The molecule has 0 radical (unpaired) electrons. The first kappa shape index (κ1) is 17.9. The molecule has 5 nitrogen and oxygen atoms in total. The van der Waals surface area contributed by atoms with Crippen LogP contribution in [0.3, 0.4) is 0 Å². The zero-order valence-electron chi connectivity index (χ0n) is 13.9. The van der Waals surface area contributed by atoms with E-state index in [-0.39, 0.29) is 5.91 Å². The maximum atomic E-state index is 12.4. The van der Waals surface area contributed by atoms with E-state index in [1.54, 1.807) is 12.1 Å². The van der Waals surface area contributed by atoms with Gasteiger partial charge in [0.05, 0.1) is 26.9 Å². The van der Waals surface area contributed by atoms with Gasteiger partial charge in [-0.2, -0.15) is 0 Å². The Balaban J connectivity index is 2.07. The molecule has 0 aliphatic rings. The van der Waals surface area contributed by atoms with E-state index in [1.807, 2.05) is 24.3 Å². The van der Waals surface area contributed by atoms with E-state index in [1.165, 1.54) is 21.3 Å². The Morgan fingerprint density at radius 2 is 1.54 bits per heavy atom. The first-order valence-corrected chi connectivity index (χ1v) is 7.79. The number of ether oxygens (including phenoxy) is 3. The molecule has 0 saturated heterocycles. The summed E-state index contributed by atoms with van der Waals surface area (Å²) in [6, 6.07) is 10.8. The fourth-order valence-corrected chi connectivity index (χ4v) is 2.40. The number of nitrogens with one attached hydrogen (secondary N) is 1. The number of rotatable bonds is 7. The molecule has 6 heteroatoms. The number of hydrogen-bond acceptors (Lipinski definition) is 4. The Bertz CT molecular complexity index is 701. The molecule has 0 aliphatic carbocycles. The van der Waals surface area contributed by atoms with Crippen molar-refractivity contribution in [3.8, 4) is 17.2 Å². The van der Waals surface area contributed by atoms with Gasteiger partial charge in [0.2, 0.25) is 0 Å². The lowest BCUT2D eigenvalue weighted by Crippen LogP contribution is -2.26. The first-order valence-electron chi connectivity index (χ1n) is 7.41. The van der Waals surface area contributed by atoms with Gasteiger partial charge in [0.25, 0.3) is 5.91 Å². The molecule has 0 unspecified atom stereocenters. The van der Waals surface area contributed by atoms with Crippen LogP contribution in [-0.4, -0.2) is 33.8 Å². The highest BCUT2D eigenvalue weighted by Gasteiger charge is 2.17. The Morgan fingerprint density at radius 1 is 0.958 bits per heavy atom. The normalized spacial score (nSPS) is 10.2. The summed E-state index contributed by atoms with van der Waals surface area (Å²) < 4.78 is 15.7. The van der Waals surface area contributed by atoms with Crippen LogP contribution in [0.2, 0.25) is 5.02 Å². The summed E-state index contributed by atoms with van der Waals surface area (Å²) in [5.41, 5.74) is 1.49. The van der Waals surface area contributed by atoms with Gasteiger partial charge in [-0.15, -0.1) is 0 Å². The molecule has 0 aromatic heterocycles. The van der Waals surface area contributed by atoms with Crippen LogP contribution in [0.5, 0.6) is 17.2 Å². The van der Waals surface area contributed by atoms with Gasteiger partial charge in [-0.05, 0) is 24.1 Å². The molecule has 0 aliphatic heterocycles. The molecule has 0 bridgehead atoms. The number of halogens is 1. The van der Waals surface area contributed by atoms with Crippen LogP contribution in [0.4, 0.5) is 0 Å². The predicted molar refractivity (Wildman–Crippen MR) is 93.6 cm³/mol. The summed E-state index contributed by atoms with van der Waals surface area (Å²) >= 11 is 5.86. The van der Waals surface area contributed by atoms with Crippen LogP contribution in [-0.2, 0) is 6.42 Å². The molecule has 2 rings (SSSR count). The van der Waals surface area contributed by atoms with Crippen molar-refractivity contribution in [3.05, 3.63) is 52.5 Å². The summed E-state index contributed by atoms with van der Waals surface area (Å²) in [5, 5.41) is 3.57. The molecule has 128 valence electrons. The monoisotopic (exact) mass is 349 g/mol. The van der Waals surface area contributed by atoms with Crippen LogP contribution in [0.25, 0.3) is 0 Å². The molecule has 0 atom stereocenters. The standard InChI is InChI=1S/C18H20ClNO4/c1-22-15-11-17(24-3)16(23-2)10-14(15)18(21)20-9-8-12-4-6-13(19)7-5-12/h4-7,10-11H,8-9H2,1-3H3,(H,20,21). The van der Waals surface area contributed by atoms with Crippen molar-refractivity contribution in [1.82, 2.24) is 5.32 Å². The minimum Gasteiger partial charge on any atom is -0.496 e. The Hall–Kier alpha value is -2.40. The molecule has 1 amide bonds. The predicted octanol–water partition coefficient (Wildman–Crippen LogP) is 3.34. The number of hydrogen-bond donors (Lipinski definition) is 1. The van der Waals surface area contributed by atoms with E-state index in [0.29, 0.717) is 40.8 Å². The van der Waals surface area contributed by atoms with Gasteiger partial charge in [-0.1, -0.05) is 23.7 Å². The molecular formula is C18H20ClNO4. The van der Waals surface area contributed by atoms with Gasteiger partial charge in [-0.25, -0.2) is 0 Å². The third-order valence-electron chi connectivity index (χ3n) is 3.56. The van der Waals surface area contributed by atoms with Gasteiger partial charge in [0.1, 0.15) is 5.75 Å². The number of amides is 1. The van der Waals surface area contributed by atoms with Gasteiger partial charge in [-0.3, -0.25) is 4.79 Å². The summed E-state index contributed by atoms with van der Waals surface area (Å²) in [5.74, 6) is 1.17. The highest BCUT2D eigenvalue weighted by molar-refractivity contribution is 6.30. The van der Waals surface area contributed by atoms with Crippen molar-refractivity contribution in [3.63, 3.8) is 0 Å². The van der Waals surface area contributed by atoms with E-state index in [4.69, 9.17) is 25.8 Å². The average molecular weight is 350 g/mol. The highest BCUT2D eigenvalue weighted by Crippen LogP contribution is 2.34. The van der Waals surface area contributed by atoms with E-state index < -0.39 is 0 Å². The molecule has 2 aromatic rings. The maximum absolute atomic E-state index is 12.4. The Labute approximate surface area is 146 Å². The summed E-state index contributed by atoms with van der Waals surface area (Å²) in [6.07, 6.45) is 0.707. The lowest BCUT2D eigenvalue weighted by molar-refractivity contribution is 0.0950. The van der Waals surface area contributed by atoms with Crippen molar-refractivity contribution in [1.29, 1.82) is 0 Å². The second kappa shape index (κ2) is 8.45. The second-order valence-electron chi connectivity index (χ2n) is 5.04. The highest BCUT2D eigenvalue weighted by atomic mass is 35.5. The molecule has 0 fully saturated rings. The van der Waals surface area contributed by atoms with Crippen LogP contribution in [0.15, 0.2) is 36.4 Å². The first-order chi connectivity index (χ1) is 11.6. The third-order valence-corrected chi connectivity index (χ3v) is 3.81. The van der Waals surface area contributed by atoms with Crippen LogP contribution in [0.1, 0.15) is 15.9 Å². The van der Waals surface area contributed by atoms with Gasteiger partial charge < -0.3 is 19.5 Å². The quantitative estimate of drug-likeness (QED) is 0.833. The molecule has 1 N–H and O–H groups in total. The van der Waals surface area contributed by atoms with Crippen LogP contribution >= 0.6 is 11.6 Å². The molecule has 0 spiro atoms. The van der Waals surface area contributed by atoms with Gasteiger partial charge >= 0.3 is 0 Å². The van der Waals surface area contributed by atoms with Crippen LogP contribution < -0.4 is 19.5 Å². The Kier molecular flexibility index (Phi) is 6.32. The lowest BCUT2D eigenvalue weighted by atomic mass is 10.1. The maximum Gasteiger partial charge on any atom is 0.255 e. The number of methoxy groups -OCH3 is 3. The van der Waals surface area contributed by atoms with Crippen molar-refractivity contribution < 1.29 is 19.0 Å². The lowest BCUT2D eigenvalue weighted by Gasteiger charge is -2.14. The van der Waals surface area contributed by atoms with Crippen molar-refractivity contribution in [2.45, 2.75) is 6.42 Å². The minimum absolute atomic E-state index is 0.234. The molecule has 0 heterocycles. The van der Waals surface area contributed by atoms with E-state index >= 15 is 0 Å². The van der Waals surface area contributed by atoms with Gasteiger partial charge in [0, 0.05) is 23.7 Å². The topological polar surface area (TPSA) is 56.8 Å². The minimum atomic E-state index is -0.234. The van der Waals surface area contributed by atoms with Crippen molar-refractivity contribution >= 4 is 17.5 Å². The zero-order valence-corrected chi connectivity index (χ0v) is 14.6. The summed E-state index contributed by atoms with van der Waals surface area (Å²) in [7, 11) is 4.56. The zero-order chi connectivity index (χ0) is 17.5. The van der Waals surface area contributed by atoms with Crippen molar-refractivity contribution in [2.75, 3.05) is 27.9 Å². The average Bonchev–Trinajstić information content (AvgIpc) is 2.61. The molecule has 24 heavy (non-hydrogen) atoms. The van der Waals surface area contributed by atoms with Gasteiger partial charge in [0.15, 0.2) is 11.5 Å². The summed E-state index contributed by atoms with van der Waals surface area (Å²) in [4.78, 5) is 12.4. The SMILES string of the molecule is COc1cc(OC)c(C(=O)NCCc2ccc(Cl)cc2)cc1OC.